The van der Waals surface area contributed by atoms with E-state index in [2.05, 4.69) is 21.2 Å². The highest BCUT2D eigenvalue weighted by molar-refractivity contribution is 9.10. The van der Waals surface area contributed by atoms with Crippen LogP contribution in [0.1, 0.15) is 13.8 Å². The molecule has 1 N–H and O–H groups in total. The second-order valence-electron chi connectivity index (χ2n) is 3.80. The predicted octanol–water partition coefficient (Wildman–Crippen LogP) is 2.74. The van der Waals surface area contributed by atoms with Crippen LogP contribution in [-0.2, 0) is 4.79 Å². The zero-order valence-electron chi connectivity index (χ0n) is 11.0. The highest BCUT2D eigenvalue weighted by atomic mass is 79.9. The Morgan fingerprint density at radius 2 is 2.00 bits per heavy atom. The van der Waals surface area contributed by atoms with Gasteiger partial charge in [0.2, 0.25) is 5.91 Å². The van der Waals surface area contributed by atoms with E-state index in [1.54, 1.807) is 12.0 Å². The molecule has 0 aliphatic rings. The maximum absolute atomic E-state index is 11.8. The molecule has 0 unspecified atom stereocenters. The Morgan fingerprint density at radius 3 is 2.56 bits per heavy atom. The number of halogens is 1. The third kappa shape index (κ3) is 4.22. The number of carbonyl (C=O) groups is 1. The number of hydrogen-bond donors (Lipinski definition) is 1. The summed E-state index contributed by atoms with van der Waals surface area (Å²) in [5, 5.41) is 3.11. The molecule has 5 heteroatoms. The molecule has 1 aromatic rings. The maximum atomic E-state index is 11.8. The van der Waals surface area contributed by atoms with E-state index in [1.807, 2.05) is 32.0 Å². The fraction of sp³-hybridized carbons (Fsp3) is 0.462. The number of anilines is 1. The Hall–Kier alpha value is -1.23. The van der Waals surface area contributed by atoms with Gasteiger partial charge in [-0.1, -0.05) is 15.9 Å². The summed E-state index contributed by atoms with van der Waals surface area (Å²) >= 11 is 3.40. The fourth-order valence-electron chi connectivity index (χ4n) is 1.65. The van der Waals surface area contributed by atoms with Crippen molar-refractivity contribution in [2.45, 2.75) is 13.8 Å². The van der Waals surface area contributed by atoms with Crippen molar-refractivity contribution >= 4 is 27.5 Å². The monoisotopic (exact) mass is 314 g/mol. The summed E-state index contributed by atoms with van der Waals surface area (Å²) in [5.74, 6) is 0.848. The van der Waals surface area contributed by atoms with Gasteiger partial charge in [0.1, 0.15) is 5.75 Å². The third-order valence-corrected chi connectivity index (χ3v) is 3.12. The van der Waals surface area contributed by atoms with Gasteiger partial charge < -0.3 is 15.0 Å². The van der Waals surface area contributed by atoms with Gasteiger partial charge in [0.05, 0.1) is 13.7 Å². The number of amides is 1. The lowest BCUT2D eigenvalue weighted by Crippen LogP contribution is -2.35. The summed E-state index contributed by atoms with van der Waals surface area (Å²) in [6.07, 6.45) is 0. The van der Waals surface area contributed by atoms with Crippen LogP contribution in [0.2, 0.25) is 0 Å². The minimum atomic E-state index is 0.0962. The lowest BCUT2D eigenvalue weighted by atomic mass is 10.3. The van der Waals surface area contributed by atoms with Crippen molar-refractivity contribution in [1.29, 1.82) is 0 Å². The van der Waals surface area contributed by atoms with Gasteiger partial charge in [-0.15, -0.1) is 0 Å². The smallest absolute Gasteiger partial charge is 0.241 e. The predicted molar refractivity (Wildman–Crippen MR) is 77.1 cm³/mol. The SMILES string of the molecule is CCN(CC)C(=O)CNc1cc(Br)cc(OC)c1. The topological polar surface area (TPSA) is 41.6 Å². The van der Waals surface area contributed by atoms with Crippen molar-refractivity contribution in [2.75, 3.05) is 32.1 Å². The Labute approximate surface area is 116 Å². The molecule has 0 aromatic heterocycles. The molecule has 0 saturated carbocycles. The first-order valence-electron chi connectivity index (χ1n) is 5.96. The molecule has 1 rings (SSSR count). The molecule has 1 aromatic carbocycles. The second-order valence-corrected chi connectivity index (χ2v) is 4.71. The number of hydrogen-bond acceptors (Lipinski definition) is 3. The lowest BCUT2D eigenvalue weighted by Gasteiger charge is -2.19. The number of ether oxygens (including phenoxy) is 1. The van der Waals surface area contributed by atoms with Gasteiger partial charge in [0.25, 0.3) is 0 Å². The average Bonchev–Trinajstić information content (AvgIpc) is 2.37. The van der Waals surface area contributed by atoms with Crippen LogP contribution in [0, 0.1) is 0 Å². The van der Waals surface area contributed by atoms with Gasteiger partial charge in [0.15, 0.2) is 0 Å². The van der Waals surface area contributed by atoms with E-state index < -0.39 is 0 Å². The number of methoxy groups -OCH3 is 1. The molecule has 0 fully saturated rings. The molecule has 1 amide bonds. The highest BCUT2D eigenvalue weighted by Gasteiger charge is 2.09. The molecule has 4 nitrogen and oxygen atoms in total. The number of rotatable bonds is 6. The van der Waals surface area contributed by atoms with Crippen molar-refractivity contribution in [1.82, 2.24) is 4.90 Å². The fourth-order valence-corrected chi connectivity index (χ4v) is 2.12. The largest absolute Gasteiger partial charge is 0.497 e. The zero-order valence-corrected chi connectivity index (χ0v) is 12.6. The van der Waals surface area contributed by atoms with Crippen LogP contribution in [-0.4, -0.2) is 37.6 Å². The van der Waals surface area contributed by atoms with Crippen molar-refractivity contribution in [3.8, 4) is 5.75 Å². The molecule has 18 heavy (non-hydrogen) atoms. The molecule has 0 radical (unpaired) electrons. The number of likely N-dealkylation sites (N-methyl/N-ethyl adjacent to an activating group) is 1. The molecule has 100 valence electrons. The van der Waals surface area contributed by atoms with E-state index in [4.69, 9.17) is 4.74 Å². The molecule has 0 spiro atoms. The summed E-state index contributed by atoms with van der Waals surface area (Å²) in [6, 6.07) is 5.65. The Balaban J connectivity index is 2.63. The molecule has 0 heterocycles. The van der Waals surface area contributed by atoms with Crippen molar-refractivity contribution in [3.63, 3.8) is 0 Å². The van der Waals surface area contributed by atoms with Gasteiger partial charge in [-0.05, 0) is 26.0 Å². The van der Waals surface area contributed by atoms with Gasteiger partial charge in [-0.3, -0.25) is 4.79 Å². The average molecular weight is 315 g/mol. The Bertz CT molecular complexity index is 406. The minimum Gasteiger partial charge on any atom is -0.497 e. The summed E-state index contributed by atoms with van der Waals surface area (Å²) in [6.45, 7) is 5.71. The first-order chi connectivity index (χ1) is 8.60. The third-order valence-electron chi connectivity index (χ3n) is 2.67. The molecule has 0 atom stereocenters. The Morgan fingerprint density at radius 1 is 1.33 bits per heavy atom. The van der Waals surface area contributed by atoms with Crippen molar-refractivity contribution in [3.05, 3.63) is 22.7 Å². The van der Waals surface area contributed by atoms with E-state index >= 15 is 0 Å². The molecule has 0 saturated heterocycles. The number of nitrogens with one attached hydrogen (secondary N) is 1. The van der Waals surface area contributed by atoms with Crippen LogP contribution in [0.25, 0.3) is 0 Å². The number of carbonyl (C=O) groups excluding carboxylic acids is 1. The van der Waals surface area contributed by atoms with Crippen LogP contribution in [0.4, 0.5) is 5.69 Å². The van der Waals surface area contributed by atoms with E-state index in [1.165, 1.54) is 0 Å². The van der Waals surface area contributed by atoms with Gasteiger partial charge >= 0.3 is 0 Å². The molecule has 0 bridgehead atoms. The summed E-state index contributed by atoms with van der Waals surface area (Å²) in [5.41, 5.74) is 0.863. The van der Waals surface area contributed by atoms with E-state index in [-0.39, 0.29) is 5.91 Å². The standard InChI is InChI=1S/C13H19BrN2O2/c1-4-16(5-2)13(17)9-15-11-6-10(14)7-12(8-11)18-3/h6-8,15H,4-5,9H2,1-3H3. The summed E-state index contributed by atoms with van der Waals surface area (Å²) in [7, 11) is 1.62. The van der Waals surface area contributed by atoms with E-state index in [0.717, 1.165) is 29.0 Å². The van der Waals surface area contributed by atoms with Crippen molar-refractivity contribution in [2.24, 2.45) is 0 Å². The molecule has 0 aliphatic heterocycles. The van der Waals surface area contributed by atoms with Gasteiger partial charge in [0, 0.05) is 29.3 Å². The lowest BCUT2D eigenvalue weighted by molar-refractivity contribution is -0.128. The molecular formula is C13H19BrN2O2. The number of benzene rings is 1. The van der Waals surface area contributed by atoms with E-state index in [0.29, 0.717) is 6.54 Å². The minimum absolute atomic E-state index is 0.0962. The van der Waals surface area contributed by atoms with Crippen LogP contribution in [0.15, 0.2) is 22.7 Å². The van der Waals surface area contributed by atoms with Crippen LogP contribution in [0.3, 0.4) is 0 Å². The molecular weight excluding hydrogens is 296 g/mol. The van der Waals surface area contributed by atoms with E-state index in [9.17, 15) is 4.79 Å². The highest BCUT2D eigenvalue weighted by Crippen LogP contribution is 2.24. The zero-order chi connectivity index (χ0) is 13.5. The normalized spacial score (nSPS) is 10.0. The summed E-state index contributed by atoms with van der Waals surface area (Å²) < 4.78 is 6.08. The maximum Gasteiger partial charge on any atom is 0.241 e. The van der Waals surface area contributed by atoms with Gasteiger partial charge in [-0.2, -0.15) is 0 Å². The first-order valence-corrected chi connectivity index (χ1v) is 6.76. The van der Waals surface area contributed by atoms with Gasteiger partial charge in [-0.25, -0.2) is 0 Å². The number of nitrogens with zero attached hydrogens (tertiary/aromatic N) is 1. The first kappa shape index (κ1) is 14.8. The van der Waals surface area contributed by atoms with Crippen molar-refractivity contribution < 1.29 is 9.53 Å². The van der Waals surface area contributed by atoms with Crippen LogP contribution >= 0.6 is 15.9 Å². The van der Waals surface area contributed by atoms with Crippen LogP contribution in [0.5, 0.6) is 5.75 Å². The quantitative estimate of drug-likeness (QED) is 0.878. The molecule has 0 aliphatic carbocycles. The summed E-state index contributed by atoms with van der Waals surface area (Å²) in [4.78, 5) is 13.6. The second kappa shape index (κ2) is 7.26. The van der Waals surface area contributed by atoms with Crippen LogP contribution < -0.4 is 10.1 Å². The Kier molecular flexibility index (Phi) is 5.98.